The van der Waals surface area contributed by atoms with Crippen LogP contribution < -0.4 is 0 Å². The van der Waals surface area contributed by atoms with Crippen LogP contribution in [0.3, 0.4) is 0 Å². The topological polar surface area (TPSA) is 70.0 Å². The quantitative estimate of drug-likeness (QED) is 0.931. The van der Waals surface area contributed by atoms with Gasteiger partial charge in [0.2, 0.25) is 0 Å². The van der Waals surface area contributed by atoms with Gasteiger partial charge in [0, 0.05) is 6.07 Å². The zero-order valence-corrected chi connectivity index (χ0v) is 11.6. The normalized spacial score (nSPS) is 20.8. The van der Waals surface area contributed by atoms with Gasteiger partial charge in [0.05, 0.1) is 6.34 Å². The fourth-order valence-corrected chi connectivity index (χ4v) is 3.16. The van der Waals surface area contributed by atoms with Crippen LogP contribution in [0.15, 0.2) is 23.2 Å². The Hall–Kier alpha value is -2.31. The van der Waals surface area contributed by atoms with Crippen LogP contribution >= 0.6 is 0 Å². The van der Waals surface area contributed by atoms with Crippen molar-refractivity contribution >= 4 is 18.2 Å². The third-order valence-electron chi connectivity index (χ3n) is 4.21. The number of carbonyl (C=O) groups is 2. The highest BCUT2D eigenvalue weighted by molar-refractivity contribution is 6.03. The zero-order chi connectivity index (χ0) is 15.9. The molecule has 1 saturated carbocycles. The van der Waals surface area contributed by atoms with E-state index >= 15 is 0 Å². The lowest BCUT2D eigenvalue weighted by atomic mass is 9.96. The van der Waals surface area contributed by atoms with E-state index in [2.05, 4.69) is 4.99 Å². The number of aliphatic imine (C=N–C) groups is 1. The number of hydrogen-bond donors (Lipinski definition) is 1. The van der Waals surface area contributed by atoms with E-state index in [1.807, 2.05) is 0 Å². The summed E-state index contributed by atoms with van der Waals surface area (Å²) in [4.78, 5) is 29.3. The van der Waals surface area contributed by atoms with Crippen LogP contribution in [0.2, 0.25) is 0 Å². The van der Waals surface area contributed by atoms with Crippen LogP contribution in [-0.4, -0.2) is 33.8 Å². The van der Waals surface area contributed by atoms with Crippen molar-refractivity contribution in [3.63, 3.8) is 0 Å². The molecule has 5 nitrogen and oxygen atoms in total. The average Bonchev–Trinajstić information content (AvgIpc) is 3.01. The highest BCUT2D eigenvalue weighted by atomic mass is 19.1. The summed E-state index contributed by atoms with van der Waals surface area (Å²) < 4.78 is 26.7. The van der Waals surface area contributed by atoms with Gasteiger partial charge in [-0.1, -0.05) is 12.8 Å². The third-order valence-corrected chi connectivity index (χ3v) is 4.21. The van der Waals surface area contributed by atoms with Gasteiger partial charge in [-0.3, -0.25) is 14.7 Å². The van der Waals surface area contributed by atoms with Gasteiger partial charge in [-0.25, -0.2) is 13.6 Å². The minimum Gasteiger partial charge on any atom is -0.479 e. The third kappa shape index (κ3) is 2.26. The van der Waals surface area contributed by atoms with E-state index < -0.39 is 35.1 Å². The molecule has 116 valence electrons. The van der Waals surface area contributed by atoms with E-state index in [0.717, 1.165) is 29.9 Å². The molecule has 1 fully saturated rings. The lowest BCUT2D eigenvalue weighted by Crippen LogP contribution is -2.43. The van der Waals surface area contributed by atoms with Gasteiger partial charge in [0.15, 0.2) is 6.04 Å². The van der Waals surface area contributed by atoms with Crippen LogP contribution in [0, 0.1) is 11.6 Å². The summed E-state index contributed by atoms with van der Waals surface area (Å²) in [6, 6.07) is 1.01. The molecule has 2 aliphatic rings. The van der Waals surface area contributed by atoms with Gasteiger partial charge in [-0.05, 0) is 30.5 Å². The molecule has 1 amide bonds. The molecule has 1 N–H and O–H groups in total. The van der Waals surface area contributed by atoms with Crippen LogP contribution in [0.1, 0.15) is 37.3 Å². The molecule has 1 aromatic rings. The smallest absolute Gasteiger partial charge is 0.331 e. The first-order valence-corrected chi connectivity index (χ1v) is 7.00. The minimum absolute atomic E-state index is 0.125. The molecule has 3 rings (SSSR count). The Bertz CT molecular complexity index is 649. The van der Waals surface area contributed by atoms with Gasteiger partial charge in [0.25, 0.3) is 5.91 Å². The number of amides is 1. The Labute approximate surface area is 125 Å². The maximum Gasteiger partial charge on any atom is 0.331 e. The van der Waals surface area contributed by atoms with E-state index in [4.69, 9.17) is 0 Å². The number of rotatable bonds is 3. The van der Waals surface area contributed by atoms with Crippen molar-refractivity contribution in [3.05, 3.63) is 35.4 Å². The summed E-state index contributed by atoms with van der Waals surface area (Å²) in [6.07, 6.45) is 4.03. The summed E-state index contributed by atoms with van der Waals surface area (Å²) in [5.74, 6) is -3.55. The Balaban J connectivity index is 1.98. The molecule has 0 saturated heterocycles. The molecule has 0 radical (unpaired) electrons. The molecule has 1 atom stereocenters. The first kappa shape index (κ1) is 14.6. The van der Waals surface area contributed by atoms with Crippen molar-refractivity contribution in [2.75, 3.05) is 0 Å². The Kier molecular flexibility index (Phi) is 3.42. The second kappa shape index (κ2) is 5.15. The predicted octanol–water partition coefficient (Wildman–Crippen LogP) is 2.27. The largest absolute Gasteiger partial charge is 0.479 e. The number of halogens is 2. The lowest BCUT2D eigenvalue weighted by Gasteiger charge is -2.26. The van der Waals surface area contributed by atoms with Crippen LogP contribution in [0.4, 0.5) is 8.78 Å². The highest BCUT2D eigenvalue weighted by Crippen LogP contribution is 2.40. The van der Waals surface area contributed by atoms with Crippen molar-refractivity contribution in [2.24, 2.45) is 4.99 Å². The summed E-state index contributed by atoms with van der Waals surface area (Å²) in [5, 5.41) is 9.42. The molecule has 1 aromatic carbocycles. The van der Waals surface area contributed by atoms with Crippen LogP contribution in [-0.2, 0) is 9.59 Å². The molecule has 7 heteroatoms. The number of benzene rings is 1. The molecule has 1 spiro atoms. The maximum absolute atomic E-state index is 13.4. The van der Waals surface area contributed by atoms with Crippen molar-refractivity contribution in [1.82, 2.24) is 4.90 Å². The number of hydrogen-bond acceptors (Lipinski definition) is 3. The number of carbonyl (C=O) groups excluding carboxylic acids is 1. The minimum atomic E-state index is -1.48. The molecule has 1 unspecified atom stereocenters. The molecule has 0 bridgehead atoms. The van der Waals surface area contributed by atoms with Crippen molar-refractivity contribution < 1.29 is 23.5 Å². The molecule has 1 heterocycles. The second-order valence-electron chi connectivity index (χ2n) is 5.64. The van der Waals surface area contributed by atoms with Crippen LogP contribution in [0.5, 0.6) is 0 Å². The Morgan fingerprint density at radius 3 is 2.36 bits per heavy atom. The highest BCUT2D eigenvalue weighted by Gasteiger charge is 2.49. The number of carboxylic acid groups (broad SMARTS) is 1. The standard InChI is InChI=1S/C15H14F2N2O3/c16-10-5-9(6-11(17)7-10)12(13(20)21)19-8-18-15(14(19)22)3-1-2-4-15/h5-8,12H,1-4H2,(H,20,21). The SMILES string of the molecule is O=C(O)C(c1cc(F)cc(F)c1)N1C=NC2(CCCC2)C1=O. The first-order chi connectivity index (χ1) is 10.4. The molecular weight excluding hydrogens is 294 g/mol. The summed E-state index contributed by atoms with van der Waals surface area (Å²) in [7, 11) is 0. The van der Waals surface area contributed by atoms with E-state index in [1.165, 1.54) is 6.34 Å². The average molecular weight is 308 g/mol. The first-order valence-electron chi connectivity index (χ1n) is 7.00. The fourth-order valence-electron chi connectivity index (χ4n) is 3.16. The van der Waals surface area contributed by atoms with E-state index in [1.54, 1.807) is 0 Å². The molecule has 0 aromatic heterocycles. The summed E-state index contributed by atoms with van der Waals surface area (Å²) in [6.45, 7) is 0. The van der Waals surface area contributed by atoms with Gasteiger partial charge in [-0.15, -0.1) is 0 Å². The number of carboxylic acids is 1. The summed E-state index contributed by atoms with van der Waals surface area (Å²) in [5.41, 5.74) is -1.01. The molecule has 1 aliphatic carbocycles. The molecule has 1 aliphatic heterocycles. The monoisotopic (exact) mass is 308 g/mol. The van der Waals surface area contributed by atoms with Crippen molar-refractivity contribution in [3.8, 4) is 0 Å². The summed E-state index contributed by atoms with van der Waals surface area (Å²) >= 11 is 0. The Morgan fingerprint density at radius 1 is 1.23 bits per heavy atom. The van der Waals surface area contributed by atoms with Gasteiger partial charge in [-0.2, -0.15) is 0 Å². The Morgan fingerprint density at radius 2 is 1.82 bits per heavy atom. The molecule has 22 heavy (non-hydrogen) atoms. The number of nitrogens with zero attached hydrogens (tertiary/aromatic N) is 2. The zero-order valence-electron chi connectivity index (χ0n) is 11.6. The van der Waals surface area contributed by atoms with Gasteiger partial charge in [0.1, 0.15) is 17.2 Å². The fraction of sp³-hybridized carbons (Fsp3) is 0.400. The van der Waals surface area contributed by atoms with Crippen molar-refractivity contribution in [2.45, 2.75) is 37.3 Å². The van der Waals surface area contributed by atoms with Crippen LogP contribution in [0.25, 0.3) is 0 Å². The second-order valence-corrected chi connectivity index (χ2v) is 5.64. The van der Waals surface area contributed by atoms with E-state index in [9.17, 15) is 23.5 Å². The maximum atomic E-state index is 13.4. The van der Waals surface area contributed by atoms with Gasteiger partial charge < -0.3 is 5.11 Å². The lowest BCUT2D eigenvalue weighted by molar-refractivity contribution is -0.147. The van der Waals surface area contributed by atoms with E-state index in [0.29, 0.717) is 18.9 Å². The van der Waals surface area contributed by atoms with Gasteiger partial charge >= 0.3 is 5.97 Å². The number of aliphatic carboxylic acids is 1. The van der Waals surface area contributed by atoms with Crippen molar-refractivity contribution in [1.29, 1.82) is 0 Å². The molecular formula is C15H14F2N2O3. The predicted molar refractivity (Wildman–Crippen MR) is 73.3 cm³/mol. The van der Waals surface area contributed by atoms with E-state index in [-0.39, 0.29) is 5.56 Å².